The van der Waals surface area contributed by atoms with Gasteiger partial charge in [-0.1, -0.05) is 0 Å². The molecule has 1 aliphatic rings. The zero-order chi connectivity index (χ0) is 26.7. The molecule has 1 saturated heterocycles. The van der Waals surface area contributed by atoms with Gasteiger partial charge in [0, 0.05) is 32.8 Å². The molecule has 10 heteroatoms. The Kier molecular flexibility index (Phi) is 11.6. The standard InChI is InChI=1S/C26H42N2O8/c1-26(2,3)36-25(31)28-12-8-11-27(14-15-28)13-10-20(9-7-16-29)35-24(30)19-17-21(32-4)23(34-6)22(18-19)33-5/h17-18,20,29H,7-16H2,1-6H3/t20-/m1/s1. The topological polar surface area (TPSA) is 107 Å². The molecule has 0 unspecified atom stereocenters. The molecule has 36 heavy (non-hydrogen) atoms. The summed E-state index contributed by atoms with van der Waals surface area (Å²) in [5.74, 6) is 0.642. The summed E-state index contributed by atoms with van der Waals surface area (Å²) in [5.41, 5.74) is -0.230. The van der Waals surface area contributed by atoms with Gasteiger partial charge in [-0.3, -0.25) is 0 Å². The van der Waals surface area contributed by atoms with Crippen LogP contribution < -0.4 is 14.2 Å². The van der Waals surface area contributed by atoms with E-state index >= 15 is 0 Å². The maximum atomic E-state index is 13.0. The van der Waals surface area contributed by atoms with Gasteiger partial charge in [0.2, 0.25) is 5.75 Å². The van der Waals surface area contributed by atoms with Gasteiger partial charge in [0.15, 0.2) is 11.5 Å². The molecule has 0 spiro atoms. The number of ether oxygens (including phenoxy) is 5. The van der Waals surface area contributed by atoms with Crippen LogP contribution in [-0.4, -0.2) is 99.3 Å². The van der Waals surface area contributed by atoms with Crippen molar-refractivity contribution in [1.29, 1.82) is 0 Å². The Hall–Kier alpha value is -2.72. The minimum atomic E-state index is -0.523. The molecule has 0 aliphatic carbocycles. The fraction of sp³-hybridized carbons (Fsp3) is 0.692. The molecule has 1 aromatic rings. The number of aliphatic hydroxyl groups excluding tert-OH is 1. The maximum Gasteiger partial charge on any atom is 0.410 e. The Morgan fingerprint density at radius 2 is 1.64 bits per heavy atom. The van der Waals surface area contributed by atoms with Crippen molar-refractivity contribution in [1.82, 2.24) is 9.80 Å². The number of amides is 1. The number of hydrogen-bond acceptors (Lipinski definition) is 9. The van der Waals surface area contributed by atoms with Crippen molar-refractivity contribution in [3.63, 3.8) is 0 Å². The zero-order valence-corrected chi connectivity index (χ0v) is 22.5. The van der Waals surface area contributed by atoms with E-state index in [1.807, 2.05) is 20.8 Å². The second kappa shape index (κ2) is 14.1. The lowest BCUT2D eigenvalue weighted by molar-refractivity contribution is 0.0204. The van der Waals surface area contributed by atoms with E-state index in [1.165, 1.54) is 21.3 Å². The van der Waals surface area contributed by atoms with E-state index in [2.05, 4.69) is 4.90 Å². The van der Waals surface area contributed by atoms with E-state index in [9.17, 15) is 14.7 Å². The van der Waals surface area contributed by atoms with Gasteiger partial charge >= 0.3 is 12.1 Å². The summed E-state index contributed by atoms with van der Waals surface area (Å²) in [6.45, 7) is 9.10. The van der Waals surface area contributed by atoms with Crippen LogP contribution >= 0.6 is 0 Å². The Bertz CT molecular complexity index is 830. The van der Waals surface area contributed by atoms with Crippen LogP contribution in [0.1, 0.15) is 56.8 Å². The highest BCUT2D eigenvalue weighted by Gasteiger charge is 2.26. The number of carbonyl (C=O) groups excluding carboxylic acids is 2. The van der Waals surface area contributed by atoms with Crippen LogP contribution in [0.5, 0.6) is 17.2 Å². The van der Waals surface area contributed by atoms with Crippen molar-refractivity contribution in [2.75, 3.05) is 60.7 Å². The monoisotopic (exact) mass is 510 g/mol. The predicted octanol–water partition coefficient (Wildman–Crippen LogP) is 3.34. The number of aliphatic hydroxyl groups is 1. The maximum absolute atomic E-state index is 13.0. The van der Waals surface area contributed by atoms with Crippen molar-refractivity contribution in [2.24, 2.45) is 0 Å². The molecular weight excluding hydrogens is 468 g/mol. The predicted molar refractivity (Wildman–Crippen MR) is 135 cm³/mol. The Labute approximate surface area is 214 Å². The highest BCUT2D eigenvalue weighted by molar-refractivity contribution is 5.91. The SMILES string of the molecule is COc1cc(C(=O)O[C@H](CCCO)CCN2CCCN(C(=O)OC(C)(C)C)CC2)cc(OC)c1OC. The Balaban J connectivity index is 2.00. The Morgan fingerprint density at radius 3 is 2.19 bits per heavy atom. The zero-order valence-electron chi connectivity index (χ0n) is 22.5. The summed E-state index contributed by atoms with van der Waals surface area (Å²) in [5, 5.41) is 9.33. The second-order valence-electron chi connectivity index (χ2n) is 9.76. The minimum Gasteiger partial charge on any atom is -0.493 e. The first-order valence-electron chi connectivity index (χ1n) is 12.4. The van der Waals surface area contributed by atoms with Gasteiger partial charge in [-0.15, -0.1) is 0 Å². The number of rotatable bonds is 11. The van der Waals surface area contributed by atoms with Crippen molar-refractivity contribution in [2.45, 2.75) is 58.2 Å². The molecule has 2 rings (SSSR count). The van der Waals surface area contributed by atoms with E-state index in [4.69, 9.17) is 23.7 Å². The first kappa shape index (κ1) is 29.5. The summed E-state index contributed by atoms with van der Waals surface area (Å²) >= 11 is 0. The molecule has 1 fully saturated rings. The van der Waals surface area contributed by atoms with Crippen LogP contribution in [0.15, 0.2) is 12.1 Å². The third-order valence-corrected chi connectivity index (χ3v) is 5.87. The molecule has 1 atom stereocenters. The van der Waals surface area contributed by atoms with Gasteiger partial charge in [0.05, 0.1) is 26.9 Å². The lowest BCUT2D eigenvalue weighted by Gasteiger charge is -2.27. The van der Waals surface area contributed by atoms with Crippen LogP contribution in [0.3, 0.4) is 0 Å². The number of carbonyl (C=O) groups is 2. The van der Waals surface area contributed by atoms with E-state index < -0.39 is 11.6 Å². The number of benzene rings is 1. The molecule has 10 nitrogen and oxygen atoms in total. The van der Waals surface area contributed by atoms with Gasteiger partial charge < -0.3 is 38.6 Å². The van der Waals surface area contributed by atoms with Gasteiger partial charge in [0.25, 0.3) is 0 Å². The van der Waals surface area contributed by atoms with E-state index in [1.54, 1.807) is 17.0 Å². The quantitative estimate of drug-likeness (QED) is 0.449. The van der Waals surface area contributed by atoms with Gasteiger partial charge in [0.1, 0.15) is 11.7 Å². The molecule has 0 radical (unpaired) electrons. The molecule has 1 amide bonds. The summed E-state index contributed by atoms with van der Waals surface area (Å²) in [6, 6.07) is 3.12. The van der Waals surface area contributed by atoms with Crippen LogP contribution in [0.25, 0.3) is 0 Å². The van der Waals surface area contributed by atoms with Crippen LogP contribution in [0, 0.1) is 0 Å². The van der Waals surface area contributed by atoms with Gasteiger partial charge in [-0.2, -0.15) is 0 Å². The molecule has 1 heterocycles. The summed E-state index contributed by atoms with van der Waals surface area (Å²) in [7, 11) is 4.47. The van der Waals surface area contributed by atoms with Crippen molar-refractivity contribution in [3.05, 3.63) is 17.7 Å². The van der Waals surface area contributed by atoms with E-state index in [0.29, 0.717) is 68.3 Å². The molecule has 1 aliphatic heterocycles. The fourth-order valence-corrected chi connectivity index (χ4v) is 4.03. The van der Waals surface area contributed by atoms with Crippen LogP contribution in [0.4, 0.5) is 4.79 Å². The normalized spacial score (nSPS) is 15.6. The minimum absolute atomic E-state index is 0.0206. The summed E-state index contributed by atoms with van der Waals surface area (Å²) < 4.78 is 27.3. The van der Waals surface area contributed by atoms with Crippen molar-refractivity contribution < 1.29 is 38.4 Å². The lowest BCUT2D eigenvalue weighted by Crippen LogP contribution is -2.39. The lowest BCUT2D eigenvalue weighted by atomic mass is 10.1. The van der Waals surface area contributed by atoms with E-state index in [-0.39, 0.29) is 18.8 Å². The average Bonchev–Trinajstić information content (AvgIpc) is 3.09. The van der Waals surface area contributed by atoms with E-state index in [0.717, 1.165) is 13.0 Å². The number of nitrogens with zero attached hydrogens (tertiary/aromatic N) is 2. The highest BCUT2D eigenvalue weighted by Crippen LogP contribution is 2.38. The summed E-state index contributed by atoms with van der Waals surface area (Å²) in [4.78, 5) is 29.4. The third kappa shape index (κ3) is 9.05. The molecule has 0 bridgehead atoms. The molecule has 204 valence electrons. The van der Waals surface area contributed by atoms with Gasteiger partial charge in [-0.05, 0) is 65.1 Å². The molecule has 0 saturated carbocycles. The Morgan fingerprint density at radius 1 is 0.972 bits per heavy atom. The fourth-order valence-electron chi connectivity index (χ4n) is 4.03. The number of methoxy groups -OCH3 is 3. The highest BCUT2D eigenvalue weighted by atomic mass is 16.6. The number of hydrogen-bond donors (Lipinski definition) is 1. The second-order valence-corrected chi connectivity index (χ2v) is 9.76. The number of esters is 1. The average molecular weight is 511 g/mol. The van der Waals surface area contributed by atoms with Crippen LogP contribution in [0.2, 0.25) is 0 Å². The third-order valence-electron chi connectivity index (χ3n) is 5.87. The van der Waals surface area contributed by atoms with Gasteiger partial charge in [-0.25, -0.2) is 9.59 Å². The molecular formula is C26H42N2O8. The molecule has 1 N–H and O–H groups in total. The largest absolute Gasteiger partial charge is 0.493 e. The summed E-state index contributed by atoms with van der Waals surface area (Å²) in [6.07, 6.45) is 1.87. The van der Waals surface area contributed by atoms with Crippen molar-refractivity contribution in [3.8, 4) is 17.2 Å². The van der Waals surface area contributed by atoms with Crippen LogP contribution in [-0.2, 0) is 9.47 Å². The smallest absolute Gasteiger partial charge is 0.410 e. The molecule has 0 aromatic heterocycles. The first-order valence-corrected chi connectivity index (χ1v) is 12.4. The van der Waals surface area contributed by atoms with Crippen molar-refractivity contribution >= 4 is 12.1 Å². The first-order chi connectivity index (χ1) is 17.1. The molecule has 1 aromatic carbocycles.